The van der Waals surface area contributed by atoms with E-state index in [4.69, 9.17) is 9.15 Å². The number of ether oxygens (including phenoxy) is 1. The molecule has 0 bridgehead atoms. The fourth-order valence-corrected chi connectivity index (χ4v) is 2.01. The van der Waals surface area contributed by atoms with Gasteiger partial charge >= 0.3 is 0 Å². The van der Waals surface area contributed by atoms with Crippen LogP contribution >= 0.6 is 0 Å². The topological polar surface area (TPSA) is 34.4 Å². The van der Waals surface area contributed by atoms with Crippen LogP contribution in [0.5, 0.6) is 0 Å². The molecule has 0 spiro atoms. The minimum Gasteiger partial charge on any atom is -0.464 e. The third-order valence-electron chi connectivity index (χ3n) is 3.36. The molecule has 2 heterocycles. The molecule has 0 radical (unpaired) electrons. The normalized spacial score (nSPS) is 30.2. The summed E-state index contributed by atoms with van der Waals surface area (Å²) >= 11 is 0. The van der Waals surface area contributed by atoms with Crippen LogP contribution in [0.15, 0.2) is 16.5 Å². The molecule has 3 rings (SSSR count). The van der Waals surface area contributed by atoms with Gasteiger partial charge in [-0.1, -0.05) is 6.92 Å². The summed E-state index contributed by atoms with van der Waals surface area (Å²) in [6.45, 7) is 4.78. The highest BCUT2D eigenvalue weighted by atomic mass is 16.5. The first-order chi connectivity index (χ1) is 7.33. The van der Waals surface area contributed by atoms with Crippen LogP contribution in [0.25, 0.3) is 0 Å². The first-order valence-corrected chi connectivity index (χ1v) is 5.72. The molecule has 2 unspecified atom stereocenters. The van der Waals surface area contributed by atoms with Gasteiger partial charge in [0.2, 0.25) is 0 Å². The van der Waals surface area contributed by atoms with Crippen molar-refractivity contribution in [2.45, 2.75) is 31.8 Å². The Labute approximate surface area is 89.8 Å². The summed E-state index contributed by atoms with van der Waals surface area (Å²) in [6.07, 6.45) is 1.29. The van der Waals surface area contributed by atoms with Gasteiger partial charge in [0.1, 0.15) is 11.5 Å². The van der Waals surface area contributed by atoms with Crippen LogP contribution in [-0.2, 0) is 11.3 Å². The molecule has 2 atom stereocenters. The monoisotopic (exact) mass is 207 g/mol. The van der Waals surface area contributed by atoms with E-state index in [1.807, 2.05) is 0 Å². The fraction of sp³-hybridized carbons (Fsp3) is 0.667. The van der Waals surface area contributed by atoms with Crippen molar-refractivity contribution < 1.29 is 9.15 Å². The van der Waals surface area contributed by atoms with Gasteiger partial charge in [-0.15, -0.1) is 0 Å². The number of rotatable bonds is 4. The van der Waals surface area contributed by atoms with Gasteiger partial charge in [0.05, 0.1) is 25.8 Å². The Bertz CT molecular complexity index is 343. The molecule has 15 heavy (non-hydrogen) atoms. The Morgan fingerprint density at radius 3 is 2.80 bits per heavy atom. The van der Waals surface area contributed by atoms with Crippen molar-refractivity contribution in [3.63, 3.8) is 0 Å². The van der Waals surface area contributed by atoms with Crippen molar-refractivity contribution in [2.75, 3.05) is 13.2 Å². The fourth-order valence-electron chi connectivity index (χ4n) is 2.01. The van der Waals surface area contributed by atoms with Gasteiger partial charge in [0, 0.05) is 5.92 Å². The second-order valence-electron chi connectivity index (χ2n) is 4.74. The smallest absolute Gasteiger partial charge is 0.117 e. The molecule has 82 valence electrons. The van der Waals surface area contributed by atoms with Crippen LogP contribution < -0.4 is 5.32 Å². The highest BCUT2D eigenvalue weighted by Crippen LogP contribution is 2.47. The quantitative estimate of drug-likeness (QED) is 0.818. The Balaban J connectivity index is 1.54. The lowest BCUT2D eigenvalue weighted by molar-refractivity contribution is -0.00644. The van der Waals surface area contributed by atoms with E-state index >= 15 is 0 Å². The maximum absolute atomic E-state index is 5.79. The third kappa shape index (κ3) is 1.94. The zero-order valence-electron chi connectivity index (χ0n) is 9.03. The third-order valence-corrected chi connectivity index (χ3v) is 3.36. The van der Waals surface area contributed by atoms with Gasteiger partial charge in [-0.2, -0.15) is 0 Å². The summed E-state index contributed by atoms with van der Waals surface area (Å²) in [5, 5.41) is 3.40. The van der Waals surface area contributed by atoms with Crippen molar-refractivity contribution >= 4 is 0 Å². The zero-order valence-corrected chi connectivity index (χ0v) is 9.03. The molecule has 1 aliphatic heterocycles. The molecule has 1 saturated carbocycles. The summed E-state index contributed by atoms with van der Waals surface area (Å²) in [7, 11) is 0. The van der Waals surface area contributed by atoms with Gasteiger partial charge in [0.15, 0.2) is 0 Å². The van der Waals surface area contributed by atoms with E-state index in [1.54, 1.807) is 0 Å². The van der Waals surface area contributed by atoms with Crippen molar-refractivity contribution in [1.82, 2.24) is 5.32 Å². The maximum Gasteiger partial charge on any atom is 0.117 e. The molecule has 1 aromatic heterocycles. The summed E-state index contributed by atoms with van der Waals surface area (Å²) in [5.74, 6) is 3.72. The Kier molecular flexibility index (Phi) is 2.29. The summed E-state index contributed by atoms with van der Waals surface area (Å²) in [5.41, 5.74) is 0. The molecule has 1 aromatic rings. The van der Waals surface area contributed by atoms with Crippen LogP contribution in [0.1, 0.15) is 30.8 Å². The minimum absolute atomic E-state index is 0.526. The molecule has 3 heteroatoms. The van der Waals surface area contributed by atoms with E-state index in [-0.39, 0.29) is 0 Å². The van der Waals surface area contributed by atoms with Crippen molar-refractivity contribution in [1.29, 1.82) is 0 Å². The Morgan fingerprint density at radius 2 is 2.20 bits per heavy atom. The molecule has 2 fully saturated rings. The zero-order chi connectivity index (χ0) is 10.3. The van der Waals surface area contributed by atoms with E-state index in [0.29, 0.717) is 12.0 Å². The van der Waals surface area contributed by atoms with Gasteiger partial charge in [-0.3, -0.25) is 0 Å². The summed E-state index contributed by atoms with van der Waals surface area (Å²) in [6, 6.07) is 4.74. The van der Waals surface area contributed by atoms with Crippen LogP contribution in [-0.4, -0.2) is 19.3 Å². The molecule has 3 nitrogen and oxygen atoms in total. The van der Waals surface area contributed by atoms with E-state index < -0.39 is 0 Å². The van der Waals surface area contributed by atoms with Crippen molar-refractivity contribution in [2.24, 2.45) is 5.92 Å². The minimum atomic E-state index is 0.526. The Hall–Kier alpha value is -0.800. The molecular weight excluding hydrogens is 190 g/mol. The first kappa shape index (κ1) is 9.43. The molecule has 1 aliphatic carbocycles. The first-order valence-electron chi connectivity index (χ1n) is 5.72. The largest absolute Gasteiger partial charge is 0.464 e. The lowest BCUT2D eigenvalue weighted by atomic mass is 10.2. The summed E-state index contributed by atoms with van der Waals surface area (Å²) in [4.78, 5) is 0. The van der Waals surface area contributed by atoms with Crippen LogP contribution in [0, 0.1) is 5.92 Å². The highest BCUT2D eigenvalue weighted by molar-refractivity contribution is 5.17. The van der Waals surface area contributed by atoms with Crippen LogP contribution in [0.2, 0.25) is 0 Å². The number of hydrogen-bond donors (Lipinski definition) is 1. The highest BCUT2D eigenvalue weighted by Gasteiger charge is 2.36. The molecule has 1 saturated heterocycles. The van der Waals surface area contributed by atoms with Crippen molar-refractivity contribution in [3.05, 3.63) is 23.7 Å². The van der Waals surface area contributed by atoms with Gasteiger partial charge in [-0.25, -0.2) is 0 Å². The maximum atomic E-state index is 5.79. The Morgan fingerprint density at radius 1 is 1.40 bits per heavy atom. The van der Waals surface area contributed by atoms with Gasteiger partial charge in [-0.05, 0) is 24.5 Å². The van der Waals surface area contributed by atoms with E-state index in [9.17, 15) is 0 Å². The second kappa shape index (κ2) is 3.65. The number of nitrogens with one attached hydrogen (secondary N) is 1. The average Bonchev–Trinajstić information content (AvgIpc) is 2.72. The summed E-state index contributed by atoms with van der Waals surface area (Å²) < 4.78 is 10.9. The molecular formula is C12H17NO2. The lowest BCUT2D eigenvalue weighted by Crippen LogP contribution is -2.45. The molecule has 0 amide bonds. The number of hydrogen-bond acceptors (Lipinski definition) is 3. The second-order valence-corrected chi connectivity index (χ2v) is 4.74. The molecule has 2 aliphatic rings. The lowest BCUT2D eigenvalue weighted by Gasteiger charge is -2.26. The SMILES string of the molecule is CC1CC1c1ccc(CNC2COC2)o1. The standard InChI is InChI=1S/C12H17NO2/c1-8-4-11(8)12-3-2-10(15-12)5-13-9-6-14-7-9/h2-3,8-9,11,13H,4-7H2,1H3. The van der Waals surface area contributed by atoms with E-state index in [2.05, 4.69) is 24.4 Å². The van der Waals surface area contributed by atoms with E-state index in [1.165, 1.54) is 12.2 Å². The van der Waals surface area contributed by atoms with Gasteiger partial charge < -0.3 is 14.5 Å². The van der Waals surface area contributed by atoms with Gasteiger partial charge in [0.25, 0.3) is 0 Å². The predicted molar refractivity (Wildman–Crippen MR) is 56.7 cm³/mol. The predicted octanol–water partition coefficient (Wildman–Crippen LogP) is 1.89. The van der Waals surface area contributed by atoms with Crippen molar-refractivity contribution in [3.8, 4) is 0 Å². The van der Waals surface area contributed by atoms with Crippen LogP contribution in [0.4, 0.5) is 0 Å². The molecule has 0 aromatic carbocycles. The van der Waals surface area contributed by atoms with E-state index in [0.717, 1.165) is 31.4 Å². The molecule has 1 N–H and O–H groups in total. The van der Waals surface area contributed by atoms with Crippen LogP contribution in [0.3, 0.4) is 0 Å². The average molecular weight is 207 g/mol. The number of furan rings is 1.